The molecule has 2 unspecified atom stereocenters. The fourth-order valence-electron chi connectivity index (χ4n) is 3.41. The number of benzene rings is 3. The standard InChI is InChI=1S/C23H19N2O3P/c1-17(26)25-22-10-6-5-7-20(22)15-23(19-13-11-18(16-24)12-14-19)29(25,27)28-21-8-3-2-4-9-21/h2-15,17,26H,1H3. The normalized spacial score (nSPS) is 18.9. The molecule has 3 aromatic rings. The summed E-state index contributed by atoms with van der Waals surface area (Å²) in [5.41, 5.74) is 2.65. The Morgan fingerprint density at radius 2 is 1.66 bits per heavy atom. The molecule has 1 aliphatic heterocycles. The van der Waals surface area contributed by atoms with Crippen LogP contribution in [0.25, 0.3) is 11.4 Å². The van der Waals surface area contributed by atoms with Crippen molar-refractivity contribution in [2.45, 2.75) is 13.2 Å². The van der Waals surface area contributed by atoms with E-state index in [4.69, 9.17) is 9.79 Å². The number of rotatable bonds is 4. The quantitative estimate of drug-likeness (QED) is 0.585. The van der Waals surface area contributed by atoms with Gasteiger partial charge in [-0.3, -0.25) is 4.67 Å². The molecule has 0 aliphatic carbocycles. The Balaban J connectivity index is 1.94. The van der Waals surface area contributed by atoms with E-state index in [2.05, 4.69) is 6.07 Å². The lowest BCUT2D eigenvalue weighted by Crippen LogP contribution is -2.34. The fourth-order valence-corrected chi connectivity index (χ4v) is 5.91. The van der Waals surface area contributed by atoms with Crippen LogP contribution in [0.3, 0.4) is 0 Å². The minimum absolute atomic E-state index is 0.445. The van der Waals surface area contributed by atoms with Crippen molar-refractivity contribution in [3.05, 3.63) is 95.6 Å². The lowest BCUT2D eigenvalue weighted by atomic mass is 10.1. The van der Waals surface area contributed by atoms with E-state index in [1.807, 2.05) is 36.4 Å². The number of nitrogens with zero attached hydrogens (tertiary/aromatic N) is 2. The van der Waals surface area contributed by atoms with E-state index >= 15 is 0 Å². The molecule has 5 nitrogen and oxygen atoms in total. The van der Waals surface area contributed by atoms with Crippen molar-refractivity contribution < 1.29 is 14.2 Å². The van der Waals surface area contributed by atoms with Gasteiger partial charge in [-0.2, -0.15) is 5.26 Å². The molecule has 1 heterocycles. The maximum Gasteiger partial charge on any atom is 0.376 e. The first-order valence-electron chi connectivity index (χ1n) is 9.17. The van der Waals surface area contributed by atoms with Crippen LogP contribution in [0.2, 0.25) is 0 Å². The molecule has 0 aromatic heterocycles. The van der Waals surface area contributed by atoms with Gasteiger partial charge in [0.25, 0.3) is 0 Å². The van der Waals surface area contributed by atoms with Crippen molar-refractivity contribution in [3.8, 4) is 11.8 Å². The summed E-state index contributed by atoms with van der Waals surface area (Å²) >= 11 is 0. The molecule has 0 fully saturated rings. The first kappa shape index (κ1) is 19.0. The van der Waals surface area contributed by atoms with Gasteiger partial charge in [0.1, 0.15) is 12.0 Å². The fraction of sp³-hybridized carbons (Fsp3) is 0.0870. The molecule has 0 bridgehead atoms. The smallest absolute Gasteiger partial charge is 0.376 e. The number of nitriles is 1. The summed E-state index contributed by atoms with van der Waals surface area (Å²) in [6.07, 6.45) is 0.784. The predicted molar refractivity (Wildman–Crippen MR) is 114 cm³/mol. The van der Waals surface area contributed by atoms with Crippen LogP contribution in [0, 0.1) is 11.3 Å². The third kappa shape index (κ3) is 3.45. The van der Waals surface area contributed by atoms with Crippen molar-refractivity contribution in [3.63, 3.8) is 0 Å². The van der Waals surface area contributed by atoms with E-state index in [0.29, 0.717) is 27.9 Å². The topological polar surface area (TPSA) is 73.6 Å². The molecule has 0 saturated heterocycles. The number of aliphatic hydroxyl groups excluding tert-OH is 1. The minimum atomic E-state index is -3.73. The van der Waals surface area contributed by atoms with Gasteiger partial charge in [0.2, 0.25) is 0 Å². The zero-order valence-corrected chi connectivity index (χ0v) is 16.7. The summed E-state index contributed by atoms with van der Waals surface area (Å²) in [4.78, 5) is 0. The summed E-state index contributed by atoms with van der Waals surface area (Å²) in [6, 6.07) is 25.3. The third-order valence-electron chi connectivity index (χ3n) is 4.70. The molecule has 0 amide bonds. The molecule has 1 aliphatic rings. The van der Waals surface area contributed by atoms with E-state index in [-0.39, 0.29) is 0 Å². The molecule has 1 N–H and O–H groups in total. The van der Waals surface area contributed by atoms with Gasteiger partial charge < -0.3 is 9.63 Å². The summed E-state index contributed by atoms with van der Waals surface area (Å²) in [5.74, 6) is 0.445. The lowest BCUT2D eigenvalue weighted by molar-refractivity contribution is 0.203. The van der Waals surface area contributed by atoms with Gasteiger partial charge in [-0.05, 0) is 54.5 Å². The number of hydrogen-bond donors (Lipinski definition) is 1. The van der Waals surface area contributed by atoms with Crippen molar-refractivity contribution in [2.24, 2.45) is 0 Å². The number of aliphatic hydroxyl groups is 1. The molecule has 144 valence electrons. The largest absolute Gasteiger partial charge is 0.426 e. The van der Waals surface area contributed by atoms with Gasteiger partial charge in [-0.1, -0.05) is 48.5 Å². The van der Waals surface area contributed by atoms with E-state index in [9.17, 15) is 9.67 Å². The highest BCUT2D eigenvalue weighted by Crippen LogP contribution is 2.67. The average molecular weight is 402 g/mol. The Kier molecular flexibility index (Phi) is 4.98. The van der Waals surface area contributed by atoms with Crippen LogP contribution in [-0.2, 0) is 4.57 Å². The molecular weight excluding hydrogens is 383 g/mol. The van der Waals surface area contributed by atoms with Gasteiger partial charge in [-0.15, -0.1) is 0 Å². The Morgan fingerprint density at radius 1 is 1.00 bits per heavy atom. The number of anilines is 1. The van der Waals surface area contributed by atoms with Crippen molar-refractivity contribution in [1.29, 1.82) is 5.26 Å². The number of hydrogen-bond acceptors (Lipinski definition) is 4. The highest BCUT2D eigenvalue weighted by Gasteiger charge is 2.44. The predicted octanol–water partition coefficient (Wildman–Crippen LogP) is 5.49. The van der Waals surface area contributed by atoms with Crippen LogP contribution >= 0.6 is 7.52 Å². The molecule has 0 spiro atoms. The van der Waals surface area contributed by atoms with E-state index in [0.717, 1.165) is 5.56 Å². The molecule has 0 radical (unpaired) electrons. The second-order valence-corrected chi connectivity index (χ2v) is 8.81. The summed E-state index contributed by atoms with van der Waals surface area (Å²) in [7, 11) is -3.73. The molecule has 0 saturated carbocycles. The molecule has 6 heteroatoms. The van der Waals surface area contributed by atoms with Gasteiger partial charge >= 0.3 is 7.52 Å². The Hall–Kier alpha value is -3.32. The summed E-state index contributed by atoms with van der Waals surface area (Å²) in [5, 5.41) is 20.1. The monoisotopic (exact) mass is 402 g/mol. The first-order chi connectivity index (χ1) is 14.0. The summed E-state index contributed by atoms with van der Waals surface area (Å²) in [6.45, 7) is 1.57. The Bertz CT molecular complexity index is 1150. The van der Waals surface area contributed by atoms with E-state index in [1.54, 1.807) is 55.5 Å². The molecule has 4 rings (SSSR count). The van der Waals surface area contributed by atoms with Crippen LogP contribution in [0.1, 0.15) is 23.6 Å². The Labute approximate surface area is 169 Å². The van der Waals surface area contributed by atoms with Crippen LogP contribution < -0.4 is 9.19 Å². The zero-order chi connectivity index (χ0) is 20.4. The average Bonchev–Trinajstić information content (AvgIpc) is 2.73. The van der Waals surface area contributed by atoms with Crippen molar-refractivity contribution in [1.82, 2.24) is 0 Å². The number of para-hydroxylation sites is 2. The highest BCUT2D eigenvalue weighted by atomic mass is 31.2. The first-order valence-corrected chi connectivity index (χ1v) is 10.7. The Morgan fingerprint density at radius 3 is 2.31 bits per heavy atom. The maximum absolute atomic E-state index is 14.4. The SMILES string of the molecule is CC(O)N1c2ccccc2C=C(c2ccc(C#N)cc2)P1(=O)Oc1ccccc1. The molecular formula is C23H19N2O3P. The highest BCUT2D eigenvalue weighted by molar-refractivity contribution is 7.72. The molecule has 2 atom stereocenters. The summed E-state index contributed by atoms with van der Waals surface area (Å²) < 4.78 is 22.0. The van der Waals surface area contributed by atoms with Crippen LogP contribution in [-0.4, -0.2) is 11.3 Å². The maximum atomic E-state index is 14.4. The van der Waals surface area contributed by atoms with Gasteiger partial charge in [0, 0.05) is 0 Å². The third-order valence-corrected chi connectivity index (χ3v) is 7.27. The van der Waals surface area contributed by atoms with E-state index in [1.165, 1.54) is 4.67 Å². The molecule has 29 heavy (non-hydrogen) atoms. The second-order valence-electron chi connectivity index (χ2n) is 6.68. The van der Waals surface area contributed by atoms with Gasteiger partial charge in [0.15, 0.2) is 0 Å². The lowest BCUT2D eigenvalue weighted by Gasteiger charge is -2.39. The zero-order valence-electron chi connectivity index (χ0n) is 15.8. The van der Waals surface area contributed by atoms with Crippen molar-refractivity contribution in [2.75, 3.05) is 4.67 Å². The second kappa shape index (κ2) is 7.60. The number of fused-ring (bicyclic) bond motifs is 1. The van der Waals surface area contributed by atoms with Crippen molar-refractivity contribution >= 4 is 24.6 Å². The van der Waals surface area contributed by atoms with Crippen LogP contribution in [0.15, 0.2) is 78.9 Å². The minimum Gasteiger partial charge on any atom is -0.426 e. The van der Waals surface area contributed by atoms with E-state index < -0.39 is 13.7 Å². The van der Waals surface area contributed by atoms with Gasteiger partial charge in [0.05, 0.1) is 22.6 Å². The molecule has 3 aromatic carbocycles. The van der Waals surface area contributed by atoms with Gasteiger partial charge in [-0.25, -0.2) is 4.57 Å². The van der Waals surface area contributed by atoms with Crippen LogP contribution in [0.4, 0.5) is 5.69 Å². The van der Waals surface area contributed by atoms with Crippen LogP contribution in [0.5, 0.6) is 5.75 Å².